The number of hydrogen-bond donors (Lipinski definition) is 2. The lowest BCUT2D eigenvalue weighted by Crippen LogP contribution is -2.40. The lowest BCUT2D eigenvalue weighted by atomic mass is 10.0. The molecule has 5 heteroatoms. The molecular weight excluding hydrogens is 266 g/mol. The van der Waals surface area contributed by atoms with E-state index in [-0.39, 0.29) is 25.2 Å². The van der Waals surface area contributed by atoms with Crippen molar-refractivity contribution in [3.8, 4) is 5.75 Å². The van der Waals surface area contributed by atoms with Crippen molar-refractivity contribution in [2.45, 2.75) is 26.3 Å². The van der Waals surface area contributed by atoms with E-state index in [1.165, 1.54) is 0 Å². The number of carbonyl (C=O) groups is 1. The van der Waals surface area contributed by atoms with E-state index in [9.17, 15) is 9.90 Å². The lowest BCUT2D eigenvalue weighted by Gasteiger charge is -2.18. The van der Waals surface area contributed by atoms with E-state index in [2.05, 4.69) is 5.32 Å². The summed E-state index contributed by atoms with van der Waals surface area (Å²) >= 11 is 5.81. The van der Waals surface area contributed by atoms with Crippen LogP contribution in [0.1, 0.15) is 20.3 Å². The third-order valence-electron chi connectivity index (χ3n) is 2.51. The molecule has 0 bridgehead atoms. The summed E-state index contributed by atoms with van der Waals surface area (Å²) in [4.78, 5) is 11.7. The number of ether oxygens (including phenoxy) is 1. The smallest absolute Gasteiger partial charge is 0.258 e. The Bertz CT molecular complexity index is 409. The van der Waals surface area contributed by atoms with Gasteiger partial charge in [0, 0.05) is 5.02 Å². The molecule has 0 spiro atoms. The molecule has 0 saturated carbocycles. The predicted molar refractivity (Wildman–Crippen MR) is 75.4 cm³/mol. The highest BCUT2D eigenvalue weighted by Gasteiger charge is 2.13. The Morgan fingerprint density at radius 2 is 2.21 bits per heavy atom. The first-order valence-corrected chi connectivity index (χ1v) is 6.67. The standard InChI is InChI=1S/C14H20ClNO3/c1-10(2)6-12(8-17)16-14(18)9-19-13-5-3-4-11(15)7-13/h3-5,7,10,12,17H,6,8-9H2,1-2H3,(H,16,18). The van der Waals surface area contributed by atoms with Crippen LogP contribution in [-0.2, 0) is 4.79 Å². The molecule has 1 amide bonds. The van der Waals surface area contributed by atoms with E-state index >= 15 is 0 Å². The van der Waals surface area contributed by atoms with E-state index in [0.29, 0.717) is 16.7 Å². The van der Waals surface area contributed by atoms with Crippen LogP contribution >= 0.6 is 11.6 Å². The predicted octanol–water partition coefficient (Wildman–Crippen LogP) is 2.24. The first-order valence-electron chi connectivity index (χ1n) is 6.30. The summed E-state index contributed by atoms with van der Waals surface area (Å²) in [5, 5.41) is 12.5. The van der Waals surface area contributed by atoms with Gasteiger partial charge in [-0.05, 0) is 30.5 Å². The summed E-state index contributed by atoms with van der Waals surface area (Å²) in [7, 11) is 0. The average Bonchev–Trinajstić information content (AvgIpc) is 2.35. The van der Waals surface area contributed by atoms with E-state index < -0.39 is 0 Å². The highest BCUT2D eigenvalue weighted by atomic mass is 35.5. The first-order chi connectivity index (χ1) is 9.01. The third kappa shape index (κ3) is 6.45. The molecule has 1 unspecified atom stereocenters. The van der Waals surface area contributed by atoms with Crippen LogP contribution in [0.4, 0.5) is 0 Å². The summed E-state index contributed by atoms with van der Waals surface area (Å²) in [6.45, 7) is 3.92. The van der Waals surface area contributed by atoms with Crippen molar-refractivity contribution < 1.29 is 14.6 Å². The second-order valence-electron chi connectivity index (χ2n) is 4.82. The van der Waals surface area contributed by atoms with Gasteiger partial charge in [-0.1, -0.05) is 31.5 Å². The Kier molecular flexibility index (Phi) is 6.67. The second kappa shape index (κ2) is 8.02. The van der Waals surface area contributed by atoms with Crippen molar-refractivity contribution in [2.75, 3.05) is 13.2 Å². The summed E-state index contributed by atoms with van der Waals surface area (Å²) in [5.41, 5.74) is 0. The number of hydrogen-bond acceptors (Lipinski definition) is 3. The summed E-state index contributed by atoms with van der Waals surface area (Å²) in [6.07, 6.45) is 0.736. The highest BCUT2D eigenvalue weighted by molar-refractivity contribution is 6.30. The number of rotatable bonds is 7. The molecule has 4 nitrogen and oxygen atoms in total. The third-order valence-corrected chi connectivity index (χ3v) is 2.74. The molecule has 1 rings (SSSR count). The quantitative estimate of drug-likeness (QED) is 0.808. The fourth-order valence-corrected chi connectivity index (χ4v) is 1.90. The van der Waals surface area contributed by atoms with Crippen molar-refractivity contribution >= 4 is 17.5 Å². The van der Waals surface area contributed by atoms with Crippen molar-refractivity contribution in [1.82, 2.24) is 5.32 Å². The van der Waals surface area contributed by atoms with Crippen LogP contribution < -0.4 is 10.1 Å². The van der Waals surface area contributed by atoms with Crippen LogP contribution in [0.3, 0.4) is 0 Å². The Morgan fingerprint density at radius 1 is 1.47 bits per heavy atom. The van der Waals surface area contributed by atoms with Crippen LogP contribution in [0.5, 0.6) is 5.75 Å². The van der Waals surface area contributed by atoms with Gasteiger partial charge in [0.05, 0.1) is 12.6 Å². The molecule has 1 aromatic carbocycles. The molecule has 2 N–H and O–H groups in total. The molecule has 0 radical (unpaired) electrons. The van der Waals surface area contributed by atoms with Crippen LogP contribution in [0, 0.1) is 5.92 Å². The molecule has 0 aliphatic carbocycles. The molecule has 0 saturated heterocycles. The van der Waals surface area contributed by atoms with Crippen molar-refractivity contribution in [3.05, 3.63) is 29.3 Å². The van der Waals surface area contributed by atoms with Crippen molar-refractivity contribution in [2.24, 2.45) is 5.92 Å². The number of aliphatic hydroxyl groups excluding tert-OH is 1. The maximum atomic E-state index is 11.7. The summed E-state index contributed by atoms with van der Waals surface area (Å²) in [6, 6.07) is 6.64. The molecule has 0 heterocycles. The van der Waals surface area contributed by atoms with E-state index in [1.54, 1.807) is 24.3 Å². The summed E-state index contributed by atoms with van der Waals surface area (Å²) < 4.78 is 5.32. The highest BCUT2D eigenvalue weighted by Crippen LogP contribution is 2.16. The molecule has 0 aromatic heterocycles. The second-order valence-corrected chi connectivity index (χ2v) is 5.26. The number of carbonyl (C=O) groups excluding carboxylic acids is 1. The number of nitrogens with one attached hydrogen (secondary N) is 1. The molecular formula is C14H20ClNO3. The van der Waals surface area contributed by atoms with Gasteiger partial charge in [0.2, 0.25) is 0 Å². The van der Waals surface area contributed by atoms with Gasteiger partial charge in [0.25, 0.3) is 5.91 Å². The van der Waals surface area contributed by atoms with Crippen LogP contribution in [0.2, 0.25) is 5.02 Å². The SMILES string of the molecule is CC(C)CC(CO)NC(=O)COc1cccc(Cl)c1. The van der Waals surface area contributed by atoms with E-state index in [1.807, 2.05) is 13.8 Å². The fraction of sp³-hybridized carbons (Fsp3) is 0.500. The molecule has 19 heavy (non-hydrogen) atoms. The summed E-state index contributed by atoms with van der Waals surface area (Å²) in [5.74, 6) is 0.707. The monoisotopic (exact) mass is 285 g/mol. The number of halogens is 1. The number of aliphatic hydroxyl groups is 1. The Morgan fingerprint density at radius 3 is 2.79 bits per heavy atom. The van der Waals surface area contributed by atoms with Gasteiger partial charge >= 0.3 is 0 Å². The number of benzene rings is 1. The number of amides is 1. The Balaban J connectivity index is 2.38. The normalized spacial score (nSPS) is 12.3. The van der Waals surface area contributed by atoms with Gasteiger partial charge in [0.1, 0.15) is 5.75 Å². The topological polar surface area (TPSA) is 58.6 Å². The van der Waals surface area contributed by atoms with E-state index in [0.717, 1.165) is 6.42 Å². The average molecular weight is 286 g/mol. The molecule has 0 aliphatic heterocycles. The van der Waals surface area contributed by atoms with Crippen LogP contribution in [0.25, 0.3) is 0 Å². The van der Waals surface area contributed by atoms with Crippen molar-refractivity contribution in [1.29, 1.82) is 0 Å². The zero-order valence-corrected chi connectivity index (χ0v) is 12.0. The minimum Gasteiger partial charge on any atom is -0.484 e. The molecule has 1 atom stereocenters. The van der Waals surface area contributed by atoms with Crippen molar-refractivity contribution in [3.63, 3.8) is 0 Å². The lowest BCUT2D eigenvalue weighted by molar-refractivity contribution is -0.124. The molecule has 0 aliphatic rings. The largest absolute Gasteiger partial charge is 0.484 e. The minimum absolute atomic E-state index is 0.0684. The van der Waals surface area contributed by atoms with E-state index in [4.69, 9.17) is 16.3 Å². The first kappa shape index (κ1) is 15.8. The molecule has 1 aromatic rings. The maximum Gasteiger partial charge on any atom is 0.258 e. The minimum atomic E-state index is -0.250. The molecule has 0 fully saturated rings. The Labute approximate surface area is 118 Å². The fourth-order valence-electron chi connectivity index (χ4n) is 1.72. The van der Waals surface area contributed by atoms with Gasteiger partial charge < -0.3 is 15.2 Å². The maximum absolute atomic E-state index is 11.7. The van der Waals surface area contributed by atoms with Gasteiger partial charge in [0.15, 0.2) is 6.61 Å². The van der Waals surface area contributed by atoms with Gasteiger partial charge in [-0.25, -0.2) is 0 Å². The molecule has 106 valence electrons. The van der Waals surface area contributed by atoms with Crippen LogP contribution in [0.15, 0.2) is 24.3 Å². The zero-order valence-electron chi connectivity index (χ0n) is 11.2. The van der Waals surface area contributed by atoms with Gasteiger partial charge in [-0.2, -0.15) is 0 Å². The van der Waals surface area contributed by atoms with Gasteiger partial charge in [-0.15, -0.1) is 0 Å². The van der Waals surface area contributed by atoms with Gasteiger partial charge in [-0.3, -0.25) is 4.79 Å². The Hall–Kier alpha value is -1.26. The van der Waals surface area contributed by atoms with Crippen LogP contribution in [-0.4, -0.2) is 30.3 Å². The zero-order chi connectivity index (χ0) is 14.3.